The lowest BCUT2D eigenvalue weighted by Crippen LogP contribution is -2.51. The Morgan fingerprint density at radius 1 is 1.55 bits per heavy atom. The second-order valence-corrected chi connectivity index (χ2v) is 6.83. The second kappa shape index (κ2) is 6.58. The predicted molar refractivity (Wildman–Crippen MR) is 85.7 cm³/mol. The van der Waals surface area contributed by atoms with Crippen LogP contribution < -0.4 is 5.73 Å². The van der Waals surface area contributed by atoms with Gasteiger partial charge in [0.25, 0.3) is 5.91 Å². The Kier molecular flexibility index (Phi) is 4.54. The minimum atomic E-state index is -0.0561. The average Bonchev–Trinajstić information content (AvgIpc) is 3.18. The maximum absolute atomic E-state index is 12.7. The molecule has 2 atom stereocenters. The maximum Gasteiger partial charge on any atom is 0.276 e. The van der Waals surface area contributed by atoms with E-state index in [1.165, 1.54) is 4.88 Å². The number of aromatic nitrogens is 3. The van der Waals surface area contributed by atoms with E-state index in [0.29, 0.717) is 24.7 Å². The highest BCUT2D eigenvalue weighted by atomic mass is 32.1. The fraction of sp³-hybridized carbons (Fsp3) is 0.533. The molecule has 0 spiro atoms. The molecule has 2 aromatic heterocycles. The van der Waals surface area contributed by atoms with Gasteiger partial charge in [0.1, 0.15) is 0 Å². The first-order chi connectivity index (χ1) is 10.7. The topological polar surface area (TPSA) is 77.0 Å². The minimum absolute atomic E-state index is 0.0561. The highest BCUT2D eigenvalue weighted by Gasteiger charge is 2.32. The Labute approximate surface area is 133 Å². The molecule has 3 rings (SSSR count). The van der Waals surface area contributed by atoms with Crippen molar-refractivity contribution in [2.75, 3.05) is 13.1 Å². The second-order valence-electron chi connectivity index (χ2n) is 5.80. The molecule has 1 fully saturated rings. The molecule has 1 saturated heterocycles. The molecular formula is C15H21N5OS. The van der Waals surface area contributed by atoms with Gasteiger partial charge >= 0.3 is 0 Å². The van der Waals surface area contributed by atoms with Crippen LogP contribution >= 0.6 is 11.3 Å². The van der Waals surface area contributed by atoms with Crippen LogP contribution in [0.4, 0.5) is 0 Å². The minimum Gasteiger partial charge on any atom is -0.333 e. The number of hydrogen-bond donors (Lipinski definition) is 1. The largest absolute Gasteiger partial charge is 0.333 e. The lowest BCUT2D eigenvalue weighted by molar-refractivity contribution is 0.0526. The third-order valence-corrected chi connectivity index (χ3v) is 5.13. The number of hydrogen-bond acceptors (Lipinski definition) is 5. The molecule has 2 N–H and O–H groups in total. The normalized spacial score (nSPS) is 22.0. The highest BCUT2D eigenvalue weighted by Crippen LogP contribution is 2.24. The van der Waals surface area contributed by atoms with Gasteiger partial charge in [-0.1, -0.05) is 18.2 Å². The summed E-state index contributed by atoms with van der Waals surface area (Å²) in [7, 11) is 0. The van der Waals surface area contributed by atoms with Gasteiger partial charge in [-0.15, -0.1) is 16.4 Å². The number of thiophene rings is 1. The van der Waals surface area contributed by atoms with Gasteiger partial charge in [0.15, 0.2) is 5.69 Å². The van der Waals surface area contributed by atoms with Gasteiger partial charge in [0, 0.05) is 24.0 Å². The quantitative estimate of drug-likeness (QED) is 0.928. The highest BCUT2D eigenvalue weighted by molar-refractivity contribution is 7.09. The van der Waals surface area contributed by atoms with Crippen LogP contribution in [0.5, 0.6) is 0 Å². The van der Waals surface area contributed by atoms with E-state index in [9.17, 15) is 4.79 Å². The molecule has 0 saturated carbocycles. The van der Waals surface area contributed by atoms with Crippen molar-refractivity contribution in [1.82, 2.24) is 19.9 Å². The molecule has 2 aromatic rings. The summed E-state index contributed by atoms with van der Waals surface area (Å²) in [6, 6.07) is 4.15. The van der Waals surface area contributed by atoms with Gasteiger partial charge in [-0.25, -0.2) is 4.68 Å². The van der Waals surface area contributed by atoms with Crippen LogP contribution in [0.15, 0.2) is 23.7 Å². The number of nitrogens with two attached hydrogens (primary N) is 1. The number of piperidine rings is 1. The molecule has 1 aliphatic heterocycles. The number of rotatable bonds is 4. The Bertz CT molecular complexity index is 624. The summed E-state index contributed by atoms with van der Waals surface area (Å²) in [5.74, 6) is 0.378. The van der Waals surface area contributed by atoms with Gasteiger partial charge in [-0.2, -0.15) is 0 Å². The molecular weight excluding hydrogens is 298 g/mol. The summed E-state index contributed by atoms with van der Waals surface area (Å²) >= 11 is 1.67. The third-order valence-electron chi connectivity index (χ3n) is 4.27. The van der Waals surface area contributed by atoms with Crippen molar-refractivity contribution in [3.05, 3.63) is 34.3 Å². The van der Waals surface area contributed by atoms with Gasteiger partial charge < -0.3 is 10.6 Å². The van der Waals surface area contributed by atoms with Gasteiger partial charge in [0.05, 0.1) is 12.7 Å². The summed E-state index contributed by atoms with van der Waals surface area (Å²) in [5.41, 5.74) is 6.27. The SMILES string of the molecule is C[C@H]1CCCN(C(=O)c2cn(Cc3cccs3)nn2)[C@H]1CN. The maximum atomic E-state index is 12.7. The van der Waals surface area contributed by atoms with Crippen LogP contribution in [0.3, 0.4) is 0 Å². The Balaban J connectivity index is 1.73. The number of nitrogens with zero attached hydrogens (tertiary/aromatic N) is 4. The third kappa shape index (κ3) is 3.05. The Morgan fingerprint density at radius 2 is 2.41 bits per heavy atom. The fourth-order valence-corrected chi connectivity index (χ4v) is 3.74. The van der Waals surface area contributed by atoms with Crippen molar-refractivity contribution in [2.45, 2.75) is 32.4 Å². The van der Waals surface area contributed by atoms with E-state index < -0.39 is 0 Å². The molecule has 1 amide bonds. The average molecular weight is 319 g/mol. The predicted octanol–water partition coefficient (Wildman–Crippen LogP) is 1.59. The van der Waals surface area contributed by atoms with Crippen LogP contribution in [-0.2, 0) is 6.54 Å². The Hall–Kier alpha value is -1.73. The lowest BCUT2D eigenvalue weighted by atomic mass is 9.90. The van der Waals surface area contributed by atoms with Crippen LogP contribution in [0, 0.1) is 5.92 Å². The monoisotopic (exact) mass is 319 g/mol. The zero-order valence-electron chi connectivity index (χ0n) is 12.7. The van der Waals surface area contributed by atoms with E-state index in [1.54, 1.807) is 22.2 Å². The van der Waals surface area contributed by atoms with E-state index in [-0.39, 0.29) is 11.9 Å². The first kappa shape index (κ1) is 15.2. The molecule has 118 valence electrons. The van der Waals surface area contributed by atoms with E-state index in [4.69, 9.17) is 5.73 Å². The summed E-state index contributed by atoms with van der Waals surface area (Å²) in [6.07, 6.45) is 3.87. The van der Waals surface area contributed by atoms with E-state index in [2.05, 4.69) is 17.2 Å². The number of carbonyl (C=O) groups excluding carboxylic acids is 1. The molecule has 22 heavy (non-hydrogen) atoms. The molecule has 3 heterocycles. The van der Waals surface area contributed by atoms with E-state index in [0.717, 1.165) is 19.4 Å². The summed E-state index contributed by atoms with van der Waals surface area (Å²) < 4.78 is 1.71. The molecule has 0 aliphatic carbocycles. The Morgan fingerprint density at radius 3 is 3.14 bits per heavy atom. The van der Waals surface area contributed by atoms with Gasteiger partial charge in [0.2, 0.25) is 0 Å². The van der Waals surface area contributed by atoms with Crippen molar-refractivity contribution in [2.24, 2.45) is 11.7 Å². The van der Waals surface area contributed by atoms with Crippen molar-refractivity contribution in [3.8, 4) is 0 Å². The van der Waals surface area contributed by atoms with Crippen molar-refractivity contribution in [3.63, 3.8) is 0 Å². The van der Waals surface area contributed by atoms with E-state index in [1.807, 2.05) is 22.4 Å². The van der Waals surface area contributed by atoms with Crippen LogP contribution in [0.1, 0.15) is 35.1 Å². The zero-order chi connectivity index (χ0) is 15.5. The molecule has 6 nitrogen and oxygen atoms in total. The van der Waals surface area contributed by atoms with Gasteiger partial charge in [-0.05, 0) is 30.2 Å². The fourth-order valence-electron chi connectivity index (χ4n) is 3.04. The molecule has 0 aromatic carbocycles. The summed E-state index contributed by atoms with van der Waals surface area (Å²) in [5, 5.41) is 10.1. The van der Waals surface area contributed by atoms with Crippen LogP contribution in [0.2, 0.25) is 0 Å². The van der Waals surface area contributed by atoms with E-state index >= 15 is 0 Å². The van der Waals surface area contributed by atoms with Crippen LogP contribution in [-0.4, -0.2) is 44.9 Å². The molecule has 0 bridgehead atoms. The summed E-state index contributed by atoms with van der Waals surface area (Å²) in [6.45, 7) is 4.05. The number of likely N-dealkylation sites (tertiary alicyclic amines) is 1. The number of amides is 1. The molecule has 1 aliphatic rings. The van der Waals surface area contributed by atoms with Crippen molar-refractivity contribution < 1.29 is 4.79 Å². The molecule has 7 heteroatoms. The smallest absolute Gasteiger partial charge is 0.276 e. The standard InChI is InChI=1S/C15H21N5OS/c1-11-4-2-6-20(14(11)8-16)15(21)13-10-19(18-17-13)9-12-5-3-7-22-12/h3,5,7,10-11,14H,2,4,6,8-9,16H2,1H3/t11-,14-/m0/s1. The van der Waals surface area contributed by atoms with Crippen molar-refractivity contribution >= 4 is 17.2 Å². The van der Waals surface area contributed by atoms with Crippen LogP contribution in [0.25, 0.3) is 0 Å². The summed E-state index contributed by atoms with van der Waals surface area (Å²) in [4.78, 5) is 15.7. The van der Waals surface area contributed by atoms with Gasteiger partial charge in [-0.3, -0.25) is 4.79 Å². The molecule has 0 radical (unpaired) electrons. The first-order valence-electron chi connectivity index (χ1n) is 7.62. The molecule has 0 unspecified atom stereocenters. The van der Waals surface area contributed by atoms with Crippen molar-refractivity contribution in [1.29, 1.82) is 0 Å². The number of carbonyl (C=O) groups is 1. The zero-order valence-corrected chi connectivity index (χ0v) is 13.5. The first-order valence-corrected chi connectivity index (χ1v) is 8.50. The lowest BCUT2D eigenvalue weighted by Gasteiger charge is -2.39.